The Hall–Kier alpha value is -8.20. The summed E-state index contributed by atoms with van der Waals surface area (Å²) in [4.78, 5) is 2.35. The number of anilines is 3. The average molecular weight is 792 g/mol. The molecule has 0 saturated heterocycles. The van der Waals surface area contributed by atoms with Crippen molar-refractivity contribution < 1.29 is 4.42 Å². The molecule has 0 saturated carbocycles. The van der Waals surface area contributed by atoms with Crippen LogP contribution < -0.4 is 4.90 Å². The first kappa shape index (κ1) is 36.8. The molecule has 11 rings (SSSR count). The van der Waals surface area contributed by atoms with Crippen molar-refractivity contribution in [3.05, 3.63) is 249 Å². The van der Waals surface area contributed by atoms with Gasteiger partial charge in [0.05, 0.1) is 0 Å². The molecule has 0 bridgehead atoms. The summed E-state index contributed by atoms with van der Waals surface area (Å²) in [5, 5.41) is 2.28. The van der Waals surface area contributed by atoms with Crippen molar-refractivity contribution in [2.24, 2.45) is 0 Å². The molecule has 0 aliphatic carbocycles. The number of fused-ring (bicyclic) bond motifs is 3. The largest absolute Gasteiger partial charge is 0.455 e. The van der Waals surface area contributed by atoms with Crippen LogP contribution in [-0.2, 0) is 0 Å². The van der Waals surface area contributed by atoms with Crippen LogP contribution in [0.4, 0.5) is 17.1 Å². The van der Waals surface area contributed by atoms with Crippen LogP contribution in [-0.4, -0.2) is 0 Å². The van der Waals surface area contributed by atoms with Gasteiger partial charge in [0.15, 0.2) is 0 Å². The minimum Gasteiger partial charge on any atom is -0.455 e. The molecule has 1 aromatic heterocycles. The first-order chi connectivity index (χ1) is 30.7. The molecule has 0 aliphatic rings. The highest BCUT2D eigenvalue weighted by molar-refractivity contribution is 6.09. The third kappa shape index (κ3) is 7.14. The van der Waals surface area contributed by atoms with Gasteiger partial charge >= 0.3 is 0 Å². The van der Waals surface area contributed by atoms with Gasteiger partial charge in [-0.05, 0) is 110 Å². The van der Waals surface area contributed by atoms with E-state index in [1.165, 1.54) is 44.5 Å². The predicted molar refractivity (Wildman–Crippen MR) is 261 cm³/mol. The average Bonchev–Trinajstić information content (AvgIpc) is 3.75. The molecule has 10 aromatic carbocycles. The molecule has 2 heteroatoms. The Morgan fingerprint density at radius 2 is 0.629 bits per heavy atom. The summed E-state index contributed by atoms with van der Waals surface area (Å²) >= 11 is 0. The summed E-state index contributed by atoms with van der Waals surface area (Å²) < 4.78 is 6.38. The quantitative estimate of drug-likeness (QED) is 0.145. The molecule has 11 aromatic rings. The first-order valence-electron chi connectivity index (χ1n) is 21.2. The fraction of sp³-hybridized carbons (Fsp3) is 0. The lowest BCUT2D eigenvalue weighted by molar-refractivity contribution is 0.670. The zero-order valence-corrected chi connectivity index (χ0v) is 34.0. The van der Waals surface area contributed by atoms with Gasteiger partial charge in [-0.15, -0.1) is 0 Å². The molecule has 1 heterocycles. The van der Waals surface area contributed by atoms with E-state index < -0.39 is 0 Å². The van der Waals surface area contributed by atoms with E-state index in [1.807, 2.05) is 12.1 Å². The van der Waals surface area contributed by atoms with Crippen molar-refractivity contribution in [3.63, 3.8) is 0 Å². The fourth-order valence-electron chi connectivity index (χ4n) is 8.69. The smallest absolute Gasteiger partial charge is 0.143 e. The second kappa shape index (κ2) is 16.1. The molecule has 62 heavy (non-hydrogen) atoms. The maximum Gasteiger partial charge on any atom is 0.143 e. The van der Waals surface area contributed by atoms with Gasteiger partial charge in [0.1, 0.15) is 11.2 Å². The third-order valence-corrected chi connectivity index (χ3v) is 11.9. The van der Waals surface area contributed by atoms with Crippen LogP contribution in [0.25, 0.3) is 88.7 Å². The lowest BCUT2D eigenvalue weighted by atomic mass is 9.98. The lowest BCUT2D eigenvalue weighted by Crippen LogP contribution is -2.10. The number of furan rings is 1. The molecule has 0 unspecified atom stereocenters. The van der Waals surface area contributed by atoms with Crippen LogP contribution in [0, 0.1) is 0 Å². The molecule has 0 atom stereocenters. The normalized spacial score (nSPS) is 11.2. The minimum absolute atomic E-state index is 0.909. The molecule has 0 aliphatic heterocycles. The summed E-state index contributed by atoms with van der Waals surface area (Å²) in [7, 11) is 0. The van der Waals surface area contributed by atoms with Crippen LogP contribution in [0.1, 0.15) is 0 Å². The number of hydrogen-bond acceptors (Lipinski definition) is 2. The number of benzene rings is 10. The first-order valence-corrected chi connectivity index (χ1v) is 21.2. The Morgan fingerprint density at radius 3 is 1.21 bits per heavy atom. The van der Waals surface area contributed by atoms with Crippen molar-refractivity contribution >= 4 is 39.0 Å². The second-order valence-electron chi connectivity index (χ2n) is 15.7. The standard InChI is InChI=1S/C60H41NO/c1-3-12-42(13-4-1)44-24-26-45(27-25-44)46-32-36-53(37-33-46)61(54-38-34-48(35-39-54)51-17-9-16-50(40-51)43-14-5-2-6-15-43)55-19-10-18-52(41-55)47-28-30-49(31-29-47)56-21-11-22-58-57-20-7-8-23-59(57)62-60(56)58/h1-41H. The predicted octanol–water partition coefficient (Wildman–Crippen LogP) is 17.1. The van der Waals surface area contributed by atoms with Crippen LogP contribution in [0.3, 0.4) is 0 Å². The SMILES string of the molecule is c1ccc(-c2ccc(-c3ccc(N(c4ccc(-c5cccc(-c6ccccc6)c5)cc4)c4cccc(-c5ccc(-c6cccc7c6oc6ccccc67)cc5)c4)cc3)cc2)cc1. The molecule has 292 valence electrons. The van der Waals surface area contributed by atoms with Gasteiger partial charge in [0.2, 0.25) is 0 Å². The van der Waals surface area contributed by atoms with Crippen LogP contribution in [0.2, 0.25) is 0 Å². The van der Waals surface area contributed by atoms with Crippen molar-refractivity contribution in [1.82, 2.24) is 0 Å². The van der Waals surface area contributed by atoms with E-state index in [4.69, 9.17) is 4.42 Å². The summed E-state index contributed by atoms with van der Waals surface area (Å²) in [5.74, 6) is 0. The molecule has 0 amide bonds. The number of nitrogens with zero attached hydrogens (tertiary/aromatic N) is 1. The number of para-hydroxylation sites is 2. The Balaban J connectivity index is 0.936. The number of hydrogen-bond donors (Lipinski definition) is 0. The molecule has 0 fully saturated rings. The van der Waals surface area contributed by atoms with Crippen LogP contribution in [0.5, 0.6) is 0 Å². The van der Waals surface area contributed by atoms with Gasteiger partial charge in [0, 0.05) is 33.4 Å². The maximum absolute atomic E-state index is 6.38. The monoisotopic (exact) mass is 791 g/mol. The minimum atomic E-state index is 0.909. The van der Waals surface area contributed by atoms with E-state index in [2.05, 4.69) is 241 Å². The maximum atomic E-state index is 6.38. The van der Waals surface area contributed by atoms with E-state index in [0.29, 0.717) is 0 Å². The van der Waals surface area contributed by atoms with E-state index in [1.54, 1.807) is 0 Å². The number of rotatable bonds is 9. The second-order valence-corrected chi connectivity index (χ2v) is 15.7. The third-order valence-electron chi connectivity index (χ3n) is 11.9. The zero-order valence-electron chi connectivity index (χ0n) is 34.0. The van der Waals surface area contributed by atoms with Gasteiger partial charge in [-0.1, -0.05) is 200 Å². The van der Waals surface area contributed by atoms with Gasteiger partial charge in [-0.3, -0.25) is 0 Å². The van der Waals surface area contributed by atoms with E-state index in [9.17, 15) is 0 Å². The van der Waals surface area contributed by atoms with Crippen LogP contribution in [0.15, 0.2) is 253 Å². The highest BCUT2D eigenvalue weighted by atomic mass is 16.3. The fourth-order valence-corrected chi connectivity index (χ4v) is 8.69. The van der Waals surface area contributed by atoms with Crippen molar-refractivity contribution in [1.29, 1.82) is 0 Å². The van der Waals surface area contributed by atoms with E-state index in [-0.39, 0.29) is 0 Å². The van der Waals surface area contributed by atoms with Crippen molar-refractivity contribution in [2.75, 3.05) is 4.90 Å². The van der Waals surface area contributed by atoms with Gasteiger partial charge < -0.3 is 9.32 Å². The summed E-state index contributed by atoms with van der Waals surface area (Å²) in [5.41, 5.74) is 19.2. The Morgan fingerprint density at radius 1 is 0.242 bits per heavy atom. The van der Waals surface area contributed by atoms with Gasteiger partial charge in [0.25, 0.3) is 0 Å². The molecule has 0 radical (unpaired) electrons. The van der Waals surface area contributed by atoms with Gasteiger partial charge in [-0.25, -0.2) is 0 Å². The van der Waals surface area contributed by atoms with Crippen molar-refractivity contribution in [3.8, 4) is 66.8 Å². The molecule has 0 N–H and O–H groups in total. The van der Waals surface area contributed by atoms with E-state index in [0.717, 1.165) is 61.3 Å². The molecule has 2 nitrogen and oxygen atoms in total. The molecule has 0 spiro atoms. The summed E-state index contributed by atoms with van der Waals surface area (Å²) in [6.45, 7) is 0. The molecular weight excluding hydrogens is 751 g/mol. The highest BCUT2D eigenvalue weighted by Gasteiger charge is 2.16. The highest BCUT2D eigenvalue weighted by Crippen LogP contribution is 2.40. The Bertz CT molecular complexity index is 3290. The van der Waals surface area contributed by atoms with Crippen molar-refractivity contribution in [2.45, 2.75) is 0 Å². The van der Waals surface area contributed by atoms with Gasteiger partial charge in [-0.2, -0.15) is 0 Å². The lowest BCUT2D eigenvalue weighted by Gasteiger charge is -2.26. The molecular formula is C60H41NO. The topological polar surface area (TPSA) is 16.4 Å². The summed E-state index contributed by atoms with van der Waals surface area (Å²) in [6, 6.07) is 89.0. The van der Waals surface area contributed by atoms with E-state index >= 15 is 0 Å². The summed E-state index contributed by atoms with van der Waals surface area (Å²) in [6.07, 6.45) is 0. The Kier molecular flexibility index (Phi) is 9.57. The Labute approximate surface area is 362 Å². The van der Waals surface area contributed by atoms with Crippen LogP contribution >= 0.6 is 0 Å². The zero-order chi connectivity index (χ0) is 41.2.